The van der Waals surface area contributed by atoms with Gasteiger partial charge in [0.1, 0.15) is 0 Å². The number of aliphatic carboxylic acids is 1. The highest BCUT2D eigenvalue weighted by Gasteiger charge is 1.96. The molecule has 0 aliphatic rings. The van der Waals surface area contributed by atoms with E-state index in [1.807, 2.05) is 6.92 Å². The minimum atomic E-state index is -0.659. The van der Waals surface area contributed by atoms with Gasteiger partial charge in [-0.3, -0.25) is 4.79 Å². The van der Waals surface area contributed by atoms with Gasteiger partial charge in [-0.2, -0.15) is 0 Å². The lowest BCUT2D eigenvalue weighted by Crippen LogP contribution is -1.93. The molecule has 0 radical (unpaired) electrons. The molecule has 110 valence electrons. The second-order valence-corrected chi connectivity index (χ2v) is 4.38. The fraction of sp³-hybridized carbons (Fsp3) is 0.800. The average molecular weight is 259 g/mol. The molecule has 0 aliphatic heterocycles. The maximum absolute atomic E-state index is 10.2. The molecule has 0 heterocycles. The summed E-state index contributed by atoms with van der Waals surface area (Å²) in [6.45, 7) is 7.48. The van der Waals surface area contributed by atoms with Gasteiger partial charge in [0.2, 0.25) is 0 Å². The van der Waals surface area contributed by atoms with Gasteiger partial charge in [-0.05, 0) is 13.3 Å². The molecule has 4 N–H and O–H groups in total. The van der Waals surface area contributed by atoms with Crippen LogP contribution in [0.25, 0.3) is 0 Å². The summed E-state index contributed by atoms with van der Waals surface area (Å²) in [7, 11) is 0. The van der Waals surface area contributed by atoms with Crippen LogP contribution in [0, 0.1) is 0 Å². The zero-order chi connectivity index (χ0) is 13.4. The number of carboxylic acid groups (broad SMARTS) is 1. The Labute approximate surface area is 113 Å². The SMILES string of the molecule is C=CC.CCCCCCCCCCCC(=O)O.N. The van der Waals surface area contributed by atoms with E-state index >= 15 is 0 Å². The van der Waals surface area contributed by atoms with Gasteiger partial charge in [0.15, 0.2) is 0 Å². The molecule has 0 rings (SSSR count). The van der Waals surface area contributed by atoms with Crippen LogP contribution in [0.1, 0.15) is 78.1 Å². The average Bonchev–Trinajstić information content (AvgIpc) is 2.27. The summed E-state index contributed by atoms with van der Waals surface area (Å²) in [5, 5.41) is 8.41. The molecular formula is C15H33NO2. The first kappa shape index (κ1) is 22.4. The number of unbranched alkanes of at least 4 members (excludes halogenated alkanes) is 8. The minimum absolute atomic E-state index is 0. The van der Waals surface area contributed by atoms with Gasteiger partial charge in [-0.15, -0.1) is 6.58 Å². The lowest BCUT2D eigenvalue weighted by molar-refractivity contribution is -0.137. The highest BCUT2D eigenvalue weighted by molar-refractivity contribution is 5.66. The molecule has 0 unspecified atom stereocenters. The van der Waals surface area contributed by atoms with Crippen LogP contribution in [-0.4, -0.2) is 11.1 Å². The molecule has 0 aromatic carbocycles. The summed E-state index contributed by atoms with van der Waals surface area (Å²) in [6, 6.07) is 0. The van der Waals surface area contributed by atoms with Crippen molar-refractivity contribution >= 4 is 5.97 Å². The van der Waals surface area contributed by atoms with Crippen LogP contribution in [0.3, 0.4) is 0 Å². The van der Waals surface area contributed by atoms with E-state index in [1.54, 1.807) is 6.08 Å². The molecule has 0 bridgehead atoms. The summed E-state index contributed by atoms with van der Waals surface area (Å²) < 4.78 is 0. The van der Waals surface area contributed by atoms with Crippen molar-refractivity contribution in [1.29, 1.82) is 0 Å². The van der Waals surface area contributed by atoms with Gasteiger partial charge in [0.25, 0.3) is 0 Å². The number of hydrogen-bond donors (Lipinski definition) is 2. The highest BCUT2D eigenvalue weighted by atomic mass is 16.4. The fourth-order valence-corrected chi connectivity index (χ4v) is 1.59. The topological polar surface area (TPSA) is 72.3 Å². The predicted octanol–water partition coefficient (Wildman–Crippen LogP) is 5.35. The first-order chi connectivity index (χ1) is 8.18. The number of hydrogen-bond acceptors (Lipinski definition) is 2. The summed E-state index contributed by atoms with van der Waals surface area (Å²) in [4.78, 5) is 10.2. The van der Waals surface area contributed by atoms with E-state index in [1.165, 1.54) is 44.9 Å². The van der Waals surface area contributed by atoms with Crippen LogP contribution >= 0.6 is 0 Å². The Kier molecular flexibility index (Phi) is 26.6. The van der Waals surface area contributed by atoms with Gasteiger partial charge in [0.05, 0.1) is 0 Å². The van der Waals surface area contributed by atoms with Crippen molar-refractivity contribution in [2.45, 2.75) is 78.1 Å². The largest absolute Gasteiger partial charge is 0.481 e. The van der Waals surface area contributed by atoms with Crippen LogP contribution in [0.15, 0.2) is 12.7 Å². The smallest absolute Gasteiger partial charge is 0.303 e. The third-order valence-corrected chi connectivity index (χ3v) is 2.49. The standard InChI is InChI=1S/C12H24O2.C3H6.H3N/c1-2-3-4-5-6-7-8-9-10-11-12(13)14;1-3-2;/h2-11H2,1H3,(H,13,14);3H,1H2,2H3;1H3. The first-order valence-corrected chi connectivity index (χ1v) is 6.97. The molecule has 0 aromatic rings. The van der Waals surface area contributed by atoms with Crippen molar-refractivity contribution in [2.24, 2.45) is 0 Å². The summed E-state index contributed by atoms with van der Waals surface area (Å²) >= 11 is 0. The summed E-state index contributed by atoms with van der Waals surface area (Å²) in [5.41, 5.74) is 0. The van der Waals surface area contributed by atoms with Crippen molar-refractivity contribution in [3.63, 3.8) is 0 Å². The van der Waals surface area contributed by atoms with Gasteiger partial charge in [-0.1, -0.05) is 64.4 Å². The third kappa shape index (κ3) is 29.4. The summed E-state index contributed by atoms with van der Waals surface area (Å²) in [5.74, 6) is -0.659. The van der Waals surface area contributed by atoms with E-state index < -0.39 is 5.97 Å². The van der Waals surface area contributed by atoms with E-state index in [4.69, 9.17) is 5.11 Å². The van der Waals surface area contributed by atoms with E-state index in [0.29, 0.717) is 6.42 Å². The van der Waals surface area contributed by atoms with Crippen LogP contribution in [0.2, 0.25) is 0 Å². The van der Waals surface area contributed by atoms with Gasteiger partial charge in [-0.25, -0.2) is 0 Å². The molecule has 0 aliphatic carbocycles. The second-order valence-electron chi connectivity index (χ2n) is 4.38. The maximum Gasteiger partial charge on any atom is 0.303 e. The molecule has 0 fully saturated rings. The Hall–Kier alpha value is -0.830. The molecule has 3 nitrogen and oxygen atoms in total. The van der Waals surface area contributed by atoms with Gasteiger partial charge < -0.3 is 11.3 Å². The van der Waals surface area contributed by atoms with Crippen molar-refractivity contribution in [3.8, 4) is 0 Å². The molecule has 0 atom stereocenters. The van der Waals surface area contributed by atoms with Crippen molar-refractivity contribution < 1.29 is 9.90 Å². The van der Waals surface area contributed by atoms with E-state index in [0.717, 1.165) is 12.8 Å². The molecule has 0 saturated carbocycles. The highest BCUT2D eigenvalue weighted by Crippen LogP contribution is 2.10. The van der Waals surface area contributed by atoms with Crippen LogP contribution < -0.4 is 6.15 Å². The van der Waals surface area contributed by atoms with Crippen molar-refractivity contribution in [2.75, 3.05) is 0 Å². The Morgan fingerprint density at radius 2 is 1.33 bits per heavy atom. The Balaban J connectivity index is -0.000000507. The monoisotopic (exact) mass is 259 g/mol. The van der Waals surface area contributed by atoms with Crippen LogP contribution in [-0.2, 0) is 4.79 Å². The van der Waals surface area contributed by atoms with Crippen molar-refractivity contribution in [3.05, 3.63) is 12.7 Å². The summed E-state index contributed by atoms with van der Waals surface area (Å²) in [6.07, 6.45) is 13.2. The molecular weight excluding hydrogens is 226 g/mol. The van der Waals surface area contributed by atoms with E-state index in [-0.39, 0.29) is 6.15 Å². The quantitative estimate of drug-likeness (QED) is 0.410. The Morgan fingerprint density at radius 1 is 1.00 bits per heavy atom. The van der Waals surface area contributed by atoms with Gasteiger partial charge >= 0.3 is 5.97 Å². The van der Waals surface area contributed by atoms with Crippen LogP contribution in [0.4, 0.5) is 0 Å². The van der Waals surface area contributed by atoms with Gasteiger partial charge in [0, 0.05) is 6.42 Å². The maximum atomic E-state index is 10.2. The third-order valence-electron chi connectivity index (χ3n) is 2.49. The lowest BCUT2D eigenvalue weighted by Gasteiger charge is -2.00. The number of carboxylic acids is 1. The molecule has 0 amide bonds. The second kappa shape index (κ2) is 21.5. The lowest BCUT2D eigenvalue weighted by atomic mass is 10.1. The predicted molar refractivity (Wildman–Crippen MR) is 80.4 cm³/mol. The molecule has 0 saturated heterocycles. The molecule has 0 spiro atoms. The zero-order valence-electron chi connectivity index (χ0n) is 12.4. The fourth-order valence-electron chi connectivity index (χ4n) is 1.59. The van der Waals surface area contributed by atoms with E-state index in [9.17, 15) is 4.79 Å². The molecule has 0 aromatic heterocycles. The molecule has 3 heteroatoms. The first-order valence-electron chi connectivity index (χ1n) is 6.97. The van der Waals surface area contributed by atoms with Crippen molar-refractivity contribution in [1.82, 2.24) is 6.15 Å². The number of allylic oxidation sites excluding steroid dienone is 1. The minimum Gasteiger partial charge on any atom is -0.481 e. The van der Waals surface area contributed by atoms with E-state index in [2.05, 4.69) is 13.5 Å². The van der Waals surface area contributed by atoms with Crippen LogP contribution in [0.5, 0.6) is 0 Å². The Bertz CT molecular complexity index is 170. The zero-order valence-corrected chi connectivity index (χ0v) is 12.4. The molecule has 18 heavy (non-hydrogen) atoms. The number of rotatable bonds is 10. The normalized spacial score (nSPS) is 8.78. The number of carbonyl (C=O) groups is 1. The Morgan fingerprint density at radius 3 is 1.67 bits per heavy atom.